The Labute approximate surface area is 163 Å². The maximum absolute atomic E-state index is 12.8. The van der Waals surface area contributed by atoms with Gasteiger partial charge in [-0.3, -0.25) is 9.48 Å². The fourth-order valence-corrected chi connectivity index (χ4v) is 2.62. The van der Waals surface area contributed by atoms with E-state index >= 15 is 0 Å². The van der Waals surface area contributed by atoms with Crippen LogP contribution in [0.4, 0.5) is 18.9 Å². The molecule has 29 heavy (non-hydrogen) atoms. The van der Waals surface area contributed by atoms with E-state index in [2.05, 4.69) is 15.4 Å². The Morgan fingerprint density at radius 3 is 2.62 bits per heavy atom. The number of nitrogens with one attached hydrogen (secondary N) is 1. The maximum Gasteiger partial charge on any atom is 0.433 e. The van der Waals surface area contributed by atoms with Gasteiger partial charge in [0.2, 0.25) is 0 Å². The van der Waals surface area contributed by atoms with Crippen molar-refractivity contribution in [3.63, 3.8) is 0 Å². The van der Waals surface area contributed by atoms with Gasteiger partial charge in [-0.2, -0.15) is 18.3 Å². The minimum atomic E-state index is -4.67. The lowest BCUT2D eigenvalue weighted by Crippen LogP contribution is -2.21. The lowest BCUT2D eigenvalue weighted by molar-refractivity contribution is -0.141. The van der Waals surface area contributed by atoms with Crippen molar-refractivity contribution in [3.8, 4) is 5.75 Å². The highest BCUT2D eigenvalue weighted by Crippen LogP contribution is 2.30. The van der Waals surface area contributed by atoms with E-state index in [0.29, 0.717) is 23.9 Å². The molecule has 154 valence electrons. The summed E-state index contributed by atoms with van der Waals surface area (Å²) in [7, 11) is 0. The van der Waals surface area contributed by atoms with Crippen LogP contribution >= 0.6 is 0 Å². The second kappa shape index (κ2) is 7.36. The number of aromatic hydroxyl groups is 1. The van der Waals surface area contributed by atoms with Gasteiger partial charge in [0.1, 0.15) is 17.1 Å². The van der Waals surface area contributed by atoms with Crippen LogP contribution in [-0.2, 0) is 12.7 Å². The third kappa shape index (κ3) is 5.02. The molecular formula is C19H19F3N4O3. The zero-order valence-corrected chi connectivity index (χ0v) is 15.7. The molecule has 1 amide bonds. The number of alkyl halides is 3. The molecule has 0 spiro atoms. The number of phenols is 1. The third-order valence-electron chi connectivity index (χ3n) is 4.14. The number of benzene rings is 1. The number of pyridine rings is 1. The van der Waals surface area contributed by atoms with Crippen LogP contribution in [0.25, 0.3) is 10.9 Å². The van der Waals surface area contributed by atoms with Crippen molar-refractivity contribution in [3.05, 3.63) is 47.9 Å². The third-order valence-corrected chi connectivity index (χ3v) is 4.14. The average Bonchev–Trinajstić information content (AvgIpc) is 3.01. The number of nitrogens with zero attached hydrogens (tertiary/aromatic N) is 3. The van der Waals surface area contributed by atoms with Crippen molar-refractivity contribution in [2.75, 3.05) is 5.32 Å². The lowest BCUT2D eigenvalue weighted by Gasteiger charge is -2.16. The minimum absolute atomic E-state index is 0.0174. The molecule has 3 N–H and O–H groups in total. The highest BCUT2D eigenvalue weighted by Gasteiger charge is 2.33. The molecule has 2 heterocycles. The Morgan fingerprint density at radius 2 is 1.97 bits per heavy atom. The lowest BCUT2D eigenvalue weighted by atomic mass is 10.1. The molecule has 0 saturated carbocycles. The van der Waals surface area contributed by atoms with Gasteiger partial charge in [-0.05, 0) is 38.5 Å². The topological polar surface area (TPSA) is 100 Å². The van der Waals surface area contributed by atoms with Gasteiger partial charge in [-0.15, -0.1) is 0 Å². The number of fused-ring (bicyclic) bond motifs is 1. The number of halogens is 3. The molecule has 0 bridgehead atoms. The number of amides is 1. The molecule has 0 saturated heterocycles. The Hall–Kier alpha value is -3.14. The zero-order valence-electron chi connectivity index (χ0n) is 15.7. The fourth-order valence-electron chi connectivity index (χ4n) is 2.62. The van der Waals surface area contributed by atoms with E-state index in [0.717, 1.165) is 18.2 Å². The predicted molar refractivity (Wildman–Crippen MR) is 99.5 cm³/mol. The van der Waals surface area contributed by atoms with Crippen LogP contribution in [0.15, 0.2) is 36.5 Å². The van der Waals surface area contributed by atoms with Crippen molar-refractivity contribution in [2.24, 2.45) is 0 Å². The van der Waals surface area contributed by atoms with Crippen molar-refractivity contribution in [2.45, 2.75) is 38.6 Å². The summed E-state index contributed by atoms with van der Waals surface area (Å²) < 4.78 is 39.9. The van der Waals surface area contributed by atoms with Crippen molar-refractivity contribution in [1.82, 2.24) is 14.8 Å². The number of phenolic OH excluding ortho intramolecular Hbond substituents is 1. The normalized spacial score (nSPS) is 12.3. The first-order valence-corrected chi connectivity index (χ1v) is 8.70. The maximum atomic E-state index is 12.8. The van der Waals surface area contributed by atoms with Crippen molar-refractivity contribution in [1.29, 1.82) is 0 Å². The Kier molecular flexibility index (Phi) is 5.22. The molecular weight excluding hydrogens is 389 g/mol. The van der Waals surface area contributed by atoms with Crippen molar-refractivity contribution >= 4 is 22.5 Å². The van der Waals surface area contributed by atoms with Gasteiger partial charge in [0.25, 0.3) is 5.91 Å². The number of anilines is 1. The van der Waals surface area contributed by atoms with Crippen LogP contribution in [0.3, 0.4) is 0 Å². The fraction of sp³-hybridized carbons (Fsp3) is 0.316. The van der Waals surface area contributed by atoms with Gasteiger partial charge in [0.15, 0.2) is 0 Å². The molecule has 7 nitrogen and oxygen atoms in total. The molecule has 0 unspecified atom stereocenters. The summed E-state index contributed by atoms with van der Waals surface area (Å²) in [6.45, 7) is 3.80. The standard InChI is InChI=1S/C19H19F3N4O3/c1-18(2,29)6-7-26-10-11-8-14(15(27)9-13(11)25-26)24-17(28)12-4-3-5-16(23-12)19(20,21)22/h3-5,8-10,27,29H,6-7H2,1-2H3,(H,24,28). The summed E-state index contributed by atoms with van der Waals surface area (Å²) in [5.74, 6) is -1.18. The van der Waals surface area contributed by atoms with E-state index in [4.69, 9.17) is 0 Å². The average molecular weight is 408 g/mol. The van der Waals surface area contributed by atoms with Gasteiger partial charge in [-0.1, -0.05) is 6.07 Å². The van der Waals surface area contributed by atoms with Crippen LogP contribution in [0.1, 0.15) is 36.5 Å². The molecule has 3 aromatic rings. The van der Waals surface area contributed by atoms with E-state index in [9.17, 15) is 28.2 Å². The number of carbonyl (C=O) groups excluding carboxylic acids is 1. The van der Waals surface area contributed by atoms with Crippen LogP contribution in [0, 0.1) is 0 Å². The number of aliphatic hydroxyl groups is 1. The summed E-state index contributed by atoms with van der Waals surface area (Å²) in [5.41, 5.74) is -1.99. The summed E-state index contributed by atoms with van der Waals surface area (Å²) >= 11 is 0. The van der Waals surface area contributed by atoms with Crippen LogP contribution < -0.4 is 5.32 Å². The highest BCUT2D eigenvalue weighted by molar-refractivity contribution is 6.05. The number of aromatic nitrogens is 3. The molecule has 0 radical (unpaired) electrons. The van der Waals surface area contributed by atoms with Gasteiger partial charge < -0.3 is 15.5 Å². The Bertz CT molecular complexity index is 1060. The SMILES string of the molecule is CC(C)(O)CCn1cc2cc(NC(=O)c3cccc(C(F)(F)F)n3)c(O)cc2n1. The zero-order chi connectivity index (χ0) is 21.4. The monoisotopic (exact) mass is 408 g/mol. The molecule has 3 rings (SSSR count). The van der Waals surface area contributed by atoms with E-state index < -0.39 is 29.1 Å². The first-order chi connectivity index (χ1) is 13.4. The molecule has 1 aromatic carbocycles. The van der Waals surface area contributed by atoms with Gasteiger partial charge in [0.05, 0.1) is 16.8 Å². The van der Waals surface area contributed by atoms with Gasteiger partial charge in [0, 0.05) is 24.2 Å². The second-order valence-electron chi connectivity index (χ2n) is 7.24. The summed E-state index contributed by atoms with van der Waals surface area (Å²) in [6.07, 6.45) is -2.54. The van der Waals surface area contributed by atoms with Crippen LogP contribution in [0.5, 0.6) is 5.75 Å². The van der Waals surface area contributed by atoms with E-state index in [1.165, 1.54) is 12.1 Å². The predicted octanol–water partition coefficient (Wildman–Crippen LogP) is 3.57. The molecule has 0 atom stereocenters. The Balaban J connectivity index is 1.83. The van der Waals surface area contributed by atoms with Gasteiger partial charge >= 0.3 is 6.18 Å². The first kappa shape index (κ1) is 20.6. The summed E-state index contributed by atoms with van der Waals surface area (Å²) in [4.78, 5) is 15.6. The largest absolute Gasteiger partial charge is 0.506 e. The number of carbonyl (C=O) groups is 1. The van der Waals surface area contributed by atoms with Crippen LogP contribution in [-0.4, -0.2) is 36.5 Å². The van der Waals surface area contributed by atoms with Crippen molar-refractivity contribution < 1.29 is 28.2 Å². The molecule has 0 fully saturated rings. The highest BCUT2D eigenvalue weighted by atomic mass is 19.4. The molecule has 0 aliphatic carbocycles. The molecule has 10 heteroatoms. The number of hydrogen-bond acceptors (Lipinski definition) is 5. The summed E-state index contributed by atoms with van der Waals surface area (Å²) in [5, 5.41) is 27.2. The van der Waals surface area contributed by atoms with E-state index in [1.807, 2.05) is 0 Å². The Morgan fingerprint density at radius 1 is 1.24 bits per heavy atom. The molecule has 0 aliphatic rings. The van der Waals surface area contributed by atoms with E-state index in [-0.39, 0.29) is 11.4 Å². The first-order valence-electron chi connectivity index (χ1n) is 8.70. The molecule has 2 aromatic heterocycles. The second-order valence-corrected chi connectivity index (χ2v) is 7.24. The summed E-state index contributed by atoms with van der Waals surface area (Å²) in [6, 6.07) is 5.80. The quantitative estimate of drug-likeness (QED) is 0.561. The minimum Gasteiger partial charge on any atom is -0.506 e. The number of rotatable bonds is 5. The van der Waals surface area contributed by atoms with Crippen LogP contribution in [0.2, 0.25) is 0 Å². The molecule has 0 aliphatic heterocycles. The van der Waals surface area contributed by atoms with E-state index in [1.54, 1.807) is 24.7 Å². The smallest absolute Gasteiger partial charge is 0.433 e. The van der Waals surface area contributed by atoms with Gasteiger partial charge in [-0.25, -0.2) is 4.98 Å². The number of aryl methyl sites for hydroxylation is 1. The number of hydrogen-bond donors (Lipinski definition) is 3.